The Kier molecular flexibility index (Phi) is 4.24. The van der Waals surface area contributed by atoms with Crippen molar-refractivity contribution in [3.63, 3.8) is 0 Å². The molecule has 0 amide bonds. The quantitative estimate of drug-likeness (QED) is 0.447. The van der Waals surface area contributed by atoms with Gasteiger partial charge in [-0.05, 0) is 31.5 Å². The van der Waals surface area contributed by atoms with E-state index in [9.17, 15) is 0 Å². The lowest BCUT2D eigenvalue weighted by Crippen LogP contribution is -2.01. The monoisotopic (exact) mass is 201 g/mol. The van der Waals surface area contributed by atoms with Crippen molar-refractivity contribution in [2.75, 3.05) is 17.6 Å². The summed E-state index contributed by atoms with van der Waals surface area (Å²) in [4.78, 5) is 0. The molecule has 15 heavy (non-hydrogen) atoms. The molecule has 0 aliphatic rings. The van der Waals surface area contributed by atoms with Gasteiger partial charge in [-0.25, -0.2) is 0 Å². The Morgan fingerprint density at radius 2 is 2.33 bits per heavy atom. The topological polar surface area (TPSA) is 61.8 Å². The molecule has 1 rings (SSSR count). The van der Waals surface area contributed by atoms with Crippen molar-refractivity contribution in [2.24, 2.45) is 0 Å². The fourth-order valence-electron chi connectivity index (χ4n) is 1.23. The molecule has 0 heterocycles. The van der Waals surface area contributed by atoms with E-state index in [0.717, 1.165) is 18.7 Å². The zero-order valence-corrected chi connectivity index (χ0v) is 8.83. The summed E-state index contributed by atoms with van der Waals surface area (Å²) in [7, 11) is 0. The molecule has 0 saturated heterocycles. The van der Waals surface area contributed by atoms with Gasteiger partial charge < -0.3 is 11.1 Å². The lowest BCUT2D eigenvalue weighted by molar-refractivity contribution is 1.06. The smallest absolute Gasteiger partial charge is 0.101 e. The molecule has 0 bridgehead atoms. The third-order valence-corrected chi connectivity index (χ3v) is 2.05. The van der Waals surface area contributed by atoms with Gasteiger partial charge in [0.05, 0.1) is 5.56 Å². The standard InChI is InChI=1S/C12H15N3/c1-2-3-4-7-15-11-5-6-12(14)10(8-11)9-13/h2-3,5-6,8,15H,4,7,14H2,1H3/b3-2+. The molecule has 3 N–H and O–H groups in total. The van der Waals surface area contributed by atoms with E-state index in [1.165, 1.54) is 0 Å². The summed E-state index contributed by atoms with van der Waals surface area (Å²) in [6, 6.07) is 7.45. The Balaban J connectivity index is 2.59. The van der Waals surface area contributed by atoms with Crippen LogP contribution in [0.1, 0.15) is 18.9 Å². The Labute approximate surface area is 90.2 Å². The van der Waals surface area contributed by atoms with E-state index in [0.29, 0.717) is 11.3 Å². The molecule has 0 aromatic heterocycles. The zero-order valence-electron chi connectivity index (χ0n) is 8.83. The SMILES string of the molecule is C/C=C/CCNc1ccc(N)c(C#N)c1. The first-order chi connectivity index (χ1) is 7.27. The second-order valence-electron chi connectivity index (χ2n) is 3.20. The van der Waals surface area contributed by atoms with E-state index in [1.807, 2.05) is 19.1 Å². The Hall–Kier alpha value is -1.95. The van der Waals surface area contributed by atoms with Crippen LogP contribution in [0, 0.1) is 11.3 Å². The molecule has 3 heteroatoms. The van der Waals surface area contributed by atoms with E-state index in [2.05, 4.69) is 17.5 Å². The van der Waals surface area contributed by atoms with Gasteiger partial charge >= 0.3 is 0 Å². The van der Waals surface area contributed by atoms with Gasteiger partial charge in [-0.2, -0.15) is 5.26 Å². The summed E-state index contributed by atoms with van der Waals surface area (Å²) in [5.41, 5.74) is 7.59. The average Bonchev–Trinajstić information content (AvgIpc) is 2.26. The van der Waals surface area contributed by atoms with E-state index in [1.54, 1.807) is 12.1 Å². The summed E-state index contributed by atoms with van der Waals surface area (Å²) in [6.07, 6.45) is 5.09. The predicted molar refractivity (Wildman–Crippen MR) is 63.5 cm³/mol. The molecule has 0 unspecified atom stereocenters. The molecule has 1 aromatic rings. The van der Waals surface area contributed by atoms with Gasteiger partial charge in [0.15, 0.2) is 0 Å². The van der Waals surface area contributed by atoms with Crippen LogP contribution >= 0.6 is 0 Å². The van der Waals surface area contributed by atoms with Gasteiger partial charge in [0.25, 0.3) is 0 Å². The van der Waals surface area contributed by atoms with E-state index in [-0.39, 0.29) is 0 Å². The number of benzene rings is 1. The molecule has 78 valence electrons. The van der Waals surface area contributed by atoms with Gasteiger partial charge in [0, 0.05) is 17.9 Å². The predicted octanol–water partition coefficient (Wildman–Crippen LogP) is 2.52. The summed E-state index contributed by atoms with van der Waals surface area (Å²) >= 11 is 0. The molecule has 0 saturated carbocycles. The normalized spacial score (nSPS) is 10.1. The number of hydrogen-bond donors (Lipinski definition) is 2. The second kappa shape index (κ2) is 5.71. The first-order valence-electron chi connectivity index (χ1n) is 4.92. The van der Waals surface area contributed by atoms with Crippen LogP contribution in [0.2, 0.25) is 0 Å². The van der Waals surface area contributed by atoms with Crippen LogP contribution in [0.4, 0.5) is 11.4 Å². The first kappa shape index (κ1) is 11.1. The molecule has 0 spiro atoms. The molecule has 1 aromatic carbocycles. The second-order valence-corrected chi connectivity index (χ2v) is 3.20. The van der Waals surface area contributed by atoms with Gasteiger partial charge in [-0.1, -0.05) is 12.2 Å². The van der Waals surface area contributed by atoms with Crippen molar-refractivity contribution in [3.05, 3.63) is 35.9 Å². The van der Waals surface area contributed by atoms with Crippen LogP contribution in [-0.2, 0) is 0 Å². The van der Waals surface area contributed by atoms with Gasteiger partial charge in [-0.15, -0.1) is 0 Å². The number of nitrogens with one attached hydrogen (secondary N) is 1. The third kappa shape index (κ3) is 3.35. The minimum atomic E-state index is 0.519. The van der Waals surface area contributed by atoms with Crippen molar-refractivity contribution >= 4 is 11.4 Å². The maximum atomic E-state index is 8.78. The summed E-state index contributed by atoms with van der Waals surface area (Å²) in [5, 5.41) is 12.0. The Morgan fingerprint density at radius 1 is 1.53 bits per heavy atom. The number of anilines is 2. The summed E-state index contributed by atoms with van der Waals surface area (Å²) < 4.78 is 0. The van der Waals surface area contributed by atoms with Crippen molar-refractivity contribution in [3.8, 4) is 6.07 Å². The first-order valence-corrected chi connectivity index (χ1v) is 4.92. The maximum Gasteiger partial charge on any atom is 0.101 e. The van der Waals surface area contributed by atoms with Crippen LogP contribution < -0.4 is 11.1 Å². The minimum absolute atomic E-state index is 0.519. The molecule has 0 atom stereocenters. The lowest BCUT2D eigenvalue weighted by atomic mass is 10.2. The molecular weight excluding hydrogens is 186 g/mol. The molecule has 0 fully saturated rings. The molecule has 0 aliphatic carbocycles. The molecular formula is C12H15N3. The molecule has 3 nitrogen and oxygen atoms in total. The van der Waals surface area contributed by atoms with Crippen LogP contribution in [0.15, 0.2) is 30.4 Å². The van der Waals surface area contributed by atoms with E-state index < -0.39 is 0 Å². The fraction of sp³-hybridized carbons (Fsp3) is 0.250. The van der Waals surface area contributed by atoms with Crippen LogP contribution in [-0.4, -0.2) is 6.54 Å². The summed E-state index contributed by atoms with van der Waals surface area (Å²) in [5.74, 6) is 0. The van der Waals surface area contributed by atoms with Crippen LogP contribution in [0.5, 0.6) is 0 Å². The highest BCUT2D eigenvalue weighted by Gasteiger charge is 1.98. The number of rotatable bonds is 4. The largest absolute Gasteiger partial charge is 0.398 e. The van der Waals surface area contributed by atoms with Crippen molar-refractivity contribution in [2.45, 2.75) is 13.3 Å². The minimum Gasteiger partial charge on any atom is -0.398 e. The highest BCUT2D eigenvalue weighted by atomic mass is 14.9. The maximum absolute atomic E-state index is 8.78. The van der Waals surface area contributed by atoms with Crippen molar-refractivity contribution < 1.29 is 0 Å². The Bertz CT molecular complexity index is 388. The van der Waals surface area contributed by atoms with Crippen LogP contribution in [0.25, 0.3) is 0 Å². The number of allylic oxidation sites excluding steroid dienone is 1. The molecule has 0 radical (unpaired) electrons. The van der Waals surface area contributed by atoms with E-state index >= 15 is 0 Å². The number of nitriles is 1. The summed E-state index contributed by atoms with van der Waals surface area (Å²) in [6.45, 7) is 2.86. The van der Waals surface area contributed by atoms with Crippen molar-refractivity contribution in [1.29, 1.82) is 5.26 Å². The number of nitrogens with zero attached hydrogens (tertiary/aromatic N) is 1. The zero-order chi connectivity index (χ0) is 11.1. The number of hydrogen-bond acceptors (Lipinski definition) is 3. The number of nitrogens with two attached hydrogens (primary N) is 1. The number of nitrogen functional groups attached to an aromatic ring is 1. The van der Waals surface area contributed by atoms with Crippen LogP contribution in [0.3, 0.4) is 0 Å². The van der Waals surface area contributed by atoms with Gasteiger partial charge in [0.1, 0.15) is 6.07 Å². The fourth-order valence-corrected chi connectivity index (χ4v) is 1.23. The van der Waals surface area contributed by atoms with E-state index in [4.69, 9.17) is 11.0 Å². The molecule has 0 aliphatic heterocycles. The highest BCUT2D eigenvalue weighted by Crippen LogP contribution is 2.16. The van der Waals surface area contributed by atoms with Gasteiger partial charge in [-0.3, -0.25) is 0 Å². The third-order valence-electron chi connectivity index (χ3n) is 2.05. The average molecular weight is 201 g/mol. The van der Waals surface area contributed by atoms with Gasteiger partial charge in [0.2, 0.25) is 0 Å². The van der Waals surface area contributed by atoms with Crippen molar-refractivity contribution in [1.82, 2.24) is 0 Å². The lowest BCUT2D eigenvalue weighted by Gasteiger charge is -2.05. The Morgan fingerprint density at radius 3 is 3.00 bits per heavy atom. The highest BCUT2D eigenvalue weighted by molar-refractivity contribution is 5.61.